The molecule has 2 aromatic heterocycles. The van der Waals surface area contributed by atoms with E-state index in [4.69, 9.17) is 24.3 Å². The molecule has 0 amide bonds. The zero-order chi connectivity index (χ0) is 31.3. The molecule has 1 unspecified atom stereocenters. The molecule has 13 nitrogen and oxygen atoms in total. The third-order valence-corrected chi connectivity index (χ3v) is 8.96. The van der Waals surface area contributed by atoms with E-state index in [1.54, 1.807) is 16.7 Å². The number of aliphatic hydroxyl groups excluding tert-OH is 1. The number of imidazole rings is 1. The Hall–Kier alpha value is -3.61. The average Bonchev–Trinajstić information content (AvgIpc) is 3.61. The van der Waals surface area contributed by atoms with E-state index >= 15 is 0 Å². The number of hydrogen-bond acceptors (Lipinski definition) is 11. The Morgan fingerprint density at radius 1 is 1.18 bits per heavy atom. The Balaban J connectivity index is 1.36. The maximum absolute atomic E-state index is 14.5. The van der Waals surface area contributed by atoms with E-state index in [9.17, 15) is 14.5 Å². The SMILES string of the molecule is CCCCCOC(=O)[C@@H](NP(=O)(OC[C@@H]1C[C@@H](O)[C@H](n2cnc3c(N)ncnc32)O1)Oc1cccc2ccccc12)C(C)C. The number of carbonyl (C=O) groups excluding carboxylic acids is 1. The van der Waals surface area contributed by atoms with Crippen molar-refractivity contribution >= 4 is 41.5 Å². The van der Waals surface area contributed by atoms with Gasteiger partial charge in [0.25, 0.3) is 0 Å². The van der Waals surface area contributed by atoms with Gasteiger partial charge in [-0.3, -0.25) is 13.9 Å². The molecule has 1 aliphatic rings. The highest BCUT2D eigenvalue weighted by Crippen LogP contribution is 2.48. The summed E-state index contributed by atoms with van der Waals surface area (Å²) >= 11 is 0. The van der Waals surface area contributed by atoms with Crippen LogP contribution in [0.25, 0.3) is 21.9 Å². The first kappa shape index (κ1) is 31.8. The predicted octanol–water partition coefficient (Wildman–Crippen LogP) is 4.76. The first-order valence-electron chi connectivity index (χ1n) is 14.8. The molecule has 0 saturated carbocycles. The molecule has 0 spiro atoms. The van der Waals surface area contributed by atoms with Gasteiger partial charge in [0.1, 0.15) is 29.7 Å². The maximum Gasteiger partial charge on any atom is 0.459 e. The molecule has 236 valence electrons. The summed E-state index contributed by atoms with van der Waals surface area (Å²) in [5.74, 6) is -0.297. The van der Waals surface area contributed by atoms with Crippen LogP contribution in [0.4, 0.5) is 5.82 Å². The fraction of sp³-hybridized carbons (Fsp3) is 0.467. The molecule has 1 saturated heterocycles. The van der Waals surface area contributed by atoms with E-state index in [2.05, 4.69) is 27.0 Å². The topological polar surface area (TPSA) is 173 Å². The molecule has 0 aliphatic carbocycles. The summed E-state index contributed by atoms with van der Waals surface area (Å²) in [5.41, 5.74) is 6.71. The van der Waals surface area contributed by atoms with Gasteiger partial charge in [-0.2, -0.15) is 5.09 Å². The Labute approximate surface area is 255 Å². The number of nitrogens with one attached hydrogen (secondary N) is 1. The molecule has 14 heteroatoms. The fourth-order valence-corrected chi connectivity index (χ4v) is 6.78. The van der Waals surface area contributed by atoms with Crippen LogP contribution in [0.15, 0.2) is 55.1 Å². The van der Waals surface area contributed by atoms with Crippen LogP contribution in [0.1, 0.15) is 52.7 Å². The van der Waals surface area contributed by atoms with E-state index in [0.29, 0.717) is 16.9 Å². The van der Waals surface area contributed by atoms with Crippen molar-refractivity contribution < 1.29 is 33.0 Å². The van der Waals surface area contributed by atoms with Crippen molar-refractivity contribution in [3.63, 3.8) is 0 Å². The van der Waals surface area contributed by atoms with Crippen LogP contribution in [0.2, 0.25) is 0 Å². The van der Waals surface area contributed by atoms with Crippen molar-refractivity contribution in [1.82, 2.24) is 24.6 Å². The number of carbonyl (C=O) groups is 1. The number of unbranched alkanes of at least 4 members (excludes halogenated alkanes) is 2. The molecule has 0 bridgehead atoms. The van der Waals surface area contributed by atoms with Crippen molar-refractivity contribution in [2.75, 3.05) is 18.9 Å². The van der Waals surface area contributed by atoms with E-state index in [-0.39, 0.29) is 31.4 Å². The number of ether oxygens (including phenoxy) is 2. The number of nitrogen functional groups attached to an aromatic ring is 1. The number of nitrogens with zero attached hydrogens (tertiary/aromatic N) is 4. The smallest absolute Gasteiger partial charge is 0.459 e. The second kappa shape index (κ2) is 14.0. The summed E-state index contributed by atoms with van der Waals surface area (Å²) in [6.45, 7) is 5.76. The number of nitrogens with two attached hydrogens (primary N) is 1. The quantitative estimate of drug-likeness (QED) is 0.0996. The first-order chi connectivity index (χ1) is 21.2. The van der Waals surface area contributed by atoms with Crippen molar-refractivity contribution in [2.45, 2.75) is 70.9 Å². The van der Waals surface area contributed by atoms with Crippen molar-refractivity contribution in [1.29, 1.82) is 0 Å². The van der Waals surface area contributed by atoms with Gasteiger partial charge in [0.2, 0.25) is 0 Å². The minimum Gasteiger partial charge on any atom is -0.465 e. The van der Waals surface area contributed by atoms with Gasteiger partial charge in [-0.1, -0.05) is 70.0 Å². The molecule has 5 atom stereocenters. The van der Waals surface area contributed by atoms with Crippen LogP contribution in [0.3, 0.4) is 0 Å². The summed E-state index contributed by atoms with van der Waals surface area (Å²) in [6, 6.07) is 11.9. The molecule has 44 heavy (non-hydrogen) atoms. The fourth-order valence-electron chi connectivity index (χ4n) is 5.08. The Kier molecular flexibility index (Phi) is 10.1. The van der Waals surface area contributed by atoms with Gasteiger partial charge in [0.15, 0.2) is 17.7 Å². The normalized spacial score (nSPS) is 20.6. The number of aromatic nitrogens is 4. The first-order valence-corrected chi connectivity index (χ1v) is 16.4. The molecule has 3 heterocycles. The molecule has 0 radical (unpaired) electrons. The molecular weight excluding hydrogens is 587 g/mol. The predicted molar refractivity (Wildman–Crippen MR) is 165 cm³/mol. The van der Waals surface area contributed by atoms with Crippen LogP contribution in [0.5, 0.6) is 5.75 Å². The Bertz CT molecular complexity index is 1630. The number of hydrogen-bond donors (Lipinski definition) is 3. The van der Waals surface area contributed by atoms with Crippen LogP contribution >= 0.6 is 7.75 Å². The highest BCUT2D eigenvalue weighted by atomic mass is 31.2. The van der Waals surface area contributed by atoms with Crippen LogP contribution in [-0.2, 0) is 23.4 Å². The summed E-state index contributed by atoms with van der Waals surface area (Å²) in [5, 5.41) is 15.3. The van der Waals surface area contributed by atoms with Gasteiger partial charge >= 0.3 is 13.7 Å². The van der Waals surface area contributed by atoms with Crippen LogP contribution in [-0.4, -0.2) is 62.1 Å². The highest BCUT2D eigenvalue weighted by Gasteiger charge is 2.41. The number of fused-ring (bicyclic) bond motifs is 2. The van der Waals surface area contributed by atoms with Gasteiger partial charge in [-0.25, -0.2) is 19.5 Å². The summed E-state index contributed by atoms with van der Waals surface area (Å²) in [4.78, 5) is 25.5. The lowest BCUT2D eigenvalue weighted by molar-refractivity contribution is -0.147. The molecule has 2 aromatic carbocycles. The third kappa shape index (κ3) is 7.19. The second-order valence-corrected chi connectivity index (χ2v) is 12.8. The number of esters is 1. The van der Waals surface area contributed by atoms with Gasteiger partial charge in [-0.15, -0.1) is 0 Å². The van der Waals surface area contributed by atoms with Crippen molar-refractivity contribution in [3.05, 3.63) is 55.1 Å². The molecule has 5 rings (SSSR count). The van der Waals surface area contributed by atoms with E-state index in [1.807, 2.05) is 44.2 Å². The molecule has 1 aliphatic heterocycles. The molecule has 4 aromatic rings. The summed E-state index contributed by atoms with van der Waals surface area (Å²) in [7, 11) is -4.22. The number of aliphatic hydroxyl groups is 1. The van der Waals surface area contributed by atoms with Gasteiger partial charge in [0, 0.05) is 11.8 Å². The van der Waals surface area contributed by atoms with Crippen molar-refractivity contribution in [3.8, 4) is 5.75 Å². The van der Waals surface area contributed by atoms with Crippen molar-refractivity contribution in [2.24, 2.45) is 5.92 Å². The summed E-state index contributed by atoms with van der Waals surface area (Å²) < 4.78 is 39.7. The van der Waals surface area contributed by atoms with E-state index in [0.717, 1.165) is 30.0 Å². The minimum absolute atomic E-state index is 0.173. The van der Waals surface area contributed by atoms with Gasteiger partial charge in [-0.05, 0) is 23.8 Å². The zero-order valence-corrected chi connectivity index (χ0v) is 25.9. The zero-order valence-electron chi connectivity index (χ0n) is 25.0. The van der Waals surface area contributed by atoms with Crippen LogP contribution in [0, 0.1) is 5.92 Å². The Morgan fingerprint density at radius 3 is 2.77 bits per heavy atom. The van der Waals surface area contributed by atoms with Gasteiger partial charge in [0.05, 0.1) is 25.6 Å². The minimum atomic E-state index is -4.22. The number of anilines is 1. The molecule has 1 fully saturated rings. The third-order valence-electron chi connectivity index (χ3n) is 7.44. The summed E-state index contributed by atoms with van der Waals surface area (Å²) in [6.07, 6.45) is 3.17. The van der Waals surface area contributed by atoms with Gasteiger partial charge < -0.3 is 24.8 Å². The lowest BCUT2D eigenvalue weighted by Crippen LogP contribution is -2.42. The standard InChI is InChI=1S/C30H39N6O7P/c1-4-5-8-14-40-30(38)25(19(2)3)35-44(39,43-24-13-9-11-20-10-6-7-12-22(20)24)41-16-21-15-23(37)29(42-21)36-18-34-26-27(31)32-17-33-28(26)36/h6-7,9-13,17-19,21,23,25,29,37H,4-5,8,14-16H2,1-3H3,(H,35,39)(H2,31,32,33)/t21-,23+,25-,29+,44?/m0/s1. The highest BCUT2D eigenvalue weighted by molar-refractivity contribution is 7.52. The maximum atomic E-state index is 14.5. The number of benzene rings is 2. The van der Waals surface area contributed by atoms with E-state index in [1.165, 1.54) is 12.7 Å². The lowest BCUT2D eigenvalue weighted by Gasteiger charge is -2.27. The van der Waals surface area contributed by atoms with E-state index < -0.39 is 38.2 Å². The molecular formula is C30H39N6O7P. The largest absolute Gasteiger partial charge is 0.465 e. The number of rotatable bonds is 14. The Morgan fingerprint density at radius 2 is 1.98 bits per heavy atom. The average molecular weight is 627 g/mol. The molecule has 4 N–H and O–H groups in total. The monoisotopic (exact) mass is 626 g/mol. The second-order valence-electron chi connectivity index (χ2n) is 11.1. The van der Waals surface area contributed by atoms with Crippen LogP contribution < -0.4 is 15.3 Å². The lowest BCUT2D eigenvalue weighted by atomic mass is 10.1.